The maximum atomic E-state index is 12.4. The van der Waals surface area contributed by atoms with Crippen molar-refractivity contribution in [2.45, 2.75) is 19.9 Å². The summed E-state index contributed by atoms with van der Waals surface area (Å²) in [6, 6.07) is 7.46. The molecule has 0 spiro atoms. The molecule has 0 fully saturated rings. The molecule has 0 bridgehead atoms. The van der Waals surface area contributed by atoms with Gasteiger partial charge in [-0.3, -0.25) is 9.59 Å². The molecule has 28 heavy (non-hydrogen) atoms. The minimum atomic E-state index is -1.10. The van der Waals surface area contributed by atoms with Crippen LogP contribution >= 0.6 is 11.3 Å². The Morgan fingerprint density at radius 2 is 2.11 bits per heavy atom. The van der Waals surface area contributed by atoms with Gasteiger partial charge in [-0.15, -0.1) is 11.3 Å². The van der Waals surface area contributed by atoms with Crippen molar-refractivity contribution in [1.29, 1.82) is 0 Å². The third-order valence-corrected chi connectivity index (χ3v) is 4.90. The number of carboxylic acids is 1. The molecule has 1 atom stereocenters. The number of ether oxygens (including phenoxy) is 2. The second-order valence-corrected chi connectivity index (χ2v) is 7.51. The van der Waals surface area contributed by atoms with Gasteiger partial charge in [0.05, 0.1) is 5.56 Å². The summed E-state index contributed by atoms with van der Waals surface area (Å²) in [7, 11) is 0. The molecule has 3 rings (SSSR count). The molecular weight excluding hydrogens is 382 g/mol. The lowest BCUT2D eigenvalue weighted by Gasteiger charge is -2.18. The number of hydrogen-bond acceptors (Lipinski definition) is 6. The average Bonchev–Trinajstić information content (AvgIpc) is 3.26. The Morgan fingerprint density at radius 1 is 1.32 bits per heavy atom. The first-order valence-corrected chi connectivity index (χ1v) is 9.50. The second-order valence-electron chi connectivity index (χ2n) is 6.53. The summed E-state index contributed by atoms with van der Waals surface area (Å²) in [6.45, 7) is 3.06. The van der Waals surface area contributed by atoms with E-state index >= 15 is 0 Å². The van der Waals surface area contributed by atoms with Crippen LogP contribution in [-0.4, -0.2) is 35.4 Å². The molecule has 0 radical (unpaired) electrons. The first-order chi connectivity index (χ1) is 13.3. The fraction of sp³-hybridized carbons (Fsp3) is 0.250. The number of hydrogen-bond donors (Lipinski definition) is 2. The van der Waals surface area contributed by atoms with Gasteiger partial charge in [0, 0.05) is 17.0 Å². The molecule has 0 aliphatic carbocycles. The smallest absolute Gasteiger partial charge is 0.326 e. The van der Waals surface area contributed by atoms with Crippen LogP contribution in [0.5, 0.6) is 11.5 Å². The number of thiophene rings is 1. The number of benzene rings is 1. The molecule has 2 N–H and O–H groups in total. The summed E-state index contributed by atoms with van der Waals surface area (Å²) < 4.78 is 11.0. The molecule has 2 heterocycles. The van der Waals surface area contributed by atoms with E-state index in [9.17, 15) is 14.4 Å². The molecule has 2 aromatic rings. The van der Waals surface area contributed by atoms with Gasteiger partial charge < -0.3 is 19.9 Å². The normalized spacial score (nSPS) is 15.2. The van der Waals surface area contributed by atoms with E-state index in [-0.39, 0.29) is 24.1 Å². The molecule has 0 saturated carbocycles. The fourth-order valence-corrected chi connectivity index (χ4v) is 3.28. The van der Waals surface area contributed by atoms with Gasteiger partial charge in [-0.1, -0.05) is 19.9 Å². The number of carbonyl (C=O) groups excluding carboxylic acids is 2. The van der Waals surface area contributed by atoms with Crippen LogP contribution in [-0.2, 0) is 9.59 Å². The topological polar surface area (TPSA) is 102 Å². The predicted molar refractivity (Wildman–Crippen MR) is 104 cm³/mol. The van der Waals surface area contributed by atoms with E-state index in [1.807, 2.05) is 17.5 Å². The largest absolute Gasteiger partial charge is 0.484 e. The lowest BCUT2D eigenvalue weighted by atomic mass is 10.1. The summed E-state index contributed by atoms with van der Waals surface area (Å²) in [5.41, 5.74) is 0.422. The van der Waals surface area contributed by atoms with Crippen molar-refractivity contribution in [2.75, 3.05) is 6.61 Å². The summed E-state index contributed by atoms with van der Waals surface area (Å²) in [5, 5.41) is 13.4. The van der Waals surface area contributed by atoms with Gasteiger partial charge in [-0.05, 0) is 29.5 Å². The number of rotatable bonds is 7. The van der Waals surface area contributed by atoms with E-state index in [1.54, 1.807) is 32.1 Å². The van der Waals surface area contributed by atoms with Gasteiger partial charge in [0.25, 0.3) is 5.91 Å². The molecule has 7 nitrogen and oxygen atoms in total. The molecular formula is C20H19NO6S. The number of fused-ring (bicyclic) bond motifs is 1. The molecule has 146 valence electrons. The number of nitrogens with one attached hydrogen (secondary N) is 1. The Kier molecular flexibility index (Phi) is 5.79. The van der Waals surface area contributed by atoms with Crippen LogP contribution in [0.4, 0.5) is 0 Å². The van der Waals surface area contributed by atoms with Crippen molar-refractivity contribution >= 4 is 35.1 Å². The number of carboxylic acid groups (broad SMARTS) is 1. The average molecular weight is 401 g/mol. The van der Waals surface area contributed by atoms with Gasteiger partial charge in [-0.25, -0.2) is 4.79 Å². The van der Waals surface area contributed by atoms with Crippen LogP contribution in [0.2, 0.25) is 0 Å². The Balaban J connectivity index is 1.64. The Labute approximate surface area is 165 Å². The van der Waals surface area contributed by atoms with Crippen LogP contribution in [0.25, 0.3) is 6.08 Å². The molecule has 0 saturated heterocycles. The number of Topliss-reactive ketones (excluding diaryl/α,β-unsaturated/α-hetero) is 1. The van der Waals surface area contributed by atoms with Crippen molar-refractivity contribution in [3.05, 3.63) is 51.9 Å². The van der Waals surface area contributed by atoms with E-state index in [0.29, 0.717) is 17.1 Å². The zero-order valence-electron chi connectivity index (χ0n) is 15.3. The van der Waals surface area contributed by atoms with Crippen molar-refractivity contribution in [1.82, 2.24) is 5.32 Å². The third-order valence-electron chi connectivity index (χ3n) is 4.08. The molecule has 1 amide bonds. The third kappa shape index (κ3) is 4.40. The maximum absolute atomic E-state index is 12.4. The zero-order chi connectivity index (χ0) is 20.3. The van der Waals surface area contributed by atoms with Crippen molar-refractivity contribution in [3.63, 3.8) is 0 Å². The van der Waals surface area contributed by atoms with Crippen molar-refractivity contribution in [3.8, 4) is 11.5 Å². The van der Waals surface area contributed by atoms with Crippen molar-refractivity contribution in [2.24, 2.45) is 5.92 Å². The Hall–Kier alpha value is -3.13. The number of aliphatic carboxylic acids is 1. The standard InChI is InChI=1S/C20H19NO6S/c1-11(2)18(20(24)25)21-17(22)10-26-12-5-6-14-15(8-12)27-16(19(14)23)9-13-4-3-7-28-13/h3-9,11,18H,10H2,1-2H3,(H,21,22)(H,24,25)/b16-9-/t18-/m0/s1. The van der Waals surface area contributed by atoms with Crippen LogP contribution < -0.4 is 14.8 Å². The fourth-order valence-electron chi connectivity index (χ4n) is 2.64. The van der Waals surface area contributed by atoms with Crippen LogP contribution in [0.15, 0.2) is 41.5 Å². The van der Waals surface area contributed by atoms with E-state index in [0.717, 1.165) is 4.88 Å². The van der Waals surface area contributed by atoms with E-state index in [2.05, 4.69) is 5.32 Å². The summed E-state index contributed by atoms with van der Waals surface area (Å²) >= 11 is 1.49. The van der Waals surface area contributed by atoms with Gasteiger partial charge in [0.15, 0.2) is 12.4 Å². The molecule has 1 aliphatic rings. The van der Waals surface area contributed by atoms with Gasteiger partial charge in [-0.2, -0.15) is 0 Å². The van der Waals surface area contributed by atoms with Gasteiger partial charge in [0.1, 0.15) is 17.5 Å². The summed E-state index contributed by atoms with van der Waals surface area (Å²) in [4.78, 5) is 36.4. The van der Waals surface area contributed by atoms with Gasteiger partial charge in [0.2, 0.25) is 5.78 Å². The molecule has 1 aliphatic heterocycles. The first-order valence-electron chi connectivity index (χ1n) is 8.62. The first kappa shape index (κ1) is 19.6. The number of ketones is 1. The van der Waals surface area contributed by atoms with E-state index in [1.165, 1.54) is 17.4 Å². The maximum Gasteiger partial charge on any atom is 0.326 e. The van der Waals surface area contributed by atoms with E-state index < -0.39 is 17.9 Å². The lowest BCUT2D eigenvalue weighted by Crippen LogP contribution is -2.46. The molecule has 1 aromatic carbocycles. The molecule has 0 unspecified atom stereocenters. The number of amides is 1. The van der Waals surface area contributed by atoms with Crippen molar-refractivity contribution < 1.29 is 29.0 Å². The quantitative estimate of drug-likeness (QED) is 0.692. The minimum Gasteiger partial charge on any atom is -0.484 e. The van der Waals surface area contributed by atoms with Gasteiger partial charge >= 0.3 is 5.97 Å². The monoisotopic (exact) mass is 401 g/mol. The number of allylic oxidation sites excluding steroid dienone is 1. The van der Waals surface area contributed by atoms with Crippen LogP contribution in [0.3, 0.4) is 0 Å². The van der Waals surface area contributed by atoms with E-state index in [4.69, 9.17) is 14.6 Å². The minimum absolute atomic E-state index is 0.214. The highest BCUT2D eigenvalue weighted by atomic mass is 32.1. The second kappa shape index (κ2) is 8.26. The highest BCUT2D eigenvalue weighted by Gasteiger charge is 2.28. The zero-order valence-corrected chi connectivity index (χ0v) is 16.1. The predicted octanol–water partition coefficient (Wildman–Crippen LogP) is 2.97. The highest BCUT2D eigenvalue weighted by molar-refractivity contribution is 7.10. The highest BCUT2D eigenvalue weighted by Crippen LogP contribution is 2.35. The summed E-state index contributed by atoms with van der Waals surface area (Å²) in [5.74, 6) is -1.18. The van der Waals surface area contributed by atoms with Crippen LogP contribution in [0, 0.1) is 5.92 Å². The number of carbonyl (C=O) groups is 3. The summed E-state index contributed by atoms with van der Waals surface area (Å²) in [6.07, 6.45) is 1.68. The lowest BCUT2D eigenvalue weighted by molar-refractivity contribution is -0.143. The molecule has 8 heteroatoms. The molecule has 1 aromatic heterocycles. The Bertz CT molecular complexity index is 932. The SMILES string of the molecule is CC(C)[C@H](NC(=O)COc1ccc2c(c1)O/C(=C\c1cccs1)C2=O)C(=O)O. The Morgan fingerprint density at radius 3 is 2.75 bits per heavy atom. The van der Waals surface area contributed by atoms with Crippen LogP contribution in [0.1, 0.15) is 29.1 Å².